The number of fused-ring (bicyclic) bond motifs is 1. The van der Waals surface area contributed by atoms with Crippen molar-refractivity contribution in [3.05, 3.63) is 144 Å². The van der Waals surface area contributed by atoms with Crippen LogP contribution in [-0.2, 0) is 4.79 Å². The minimum Gasteiger partial charge on any atom is -0.497 e. The van der Waals surface area contributed by atoms with Crippen molar-refractivity contribution in [1.82, 2.24) is 9.13 Å². The molecule has 3 aromatic carbocycles. The van der Waals surface area contributed by atoms with E-state index in [1.54, 1.807) is 18.6 Å². The van der Waals surface area contributed by atoms with Crippen LogP contribution in [0.2, 0.25) is 5.02 Å². The fraction of sp³-hybridized carbons (Fsp3) is 0.0938. The molecular formula is C32H25ClN4O3S. The number of aromatic nitrogens is 2. The van der Waals surface area contributed by atoms with Gasteiger partial charge in [-0.25, -0.2) is 4.99 Å². The zero-order valence-electron chi connectivity index (χ0n) is 22.2. The molecule has 0 bridgehead atoms. The lowest BCUT2D eigenvalue weighted by Gasteiger charge is -2.25. The SMILES string of the molecule is COc1ccc([C@@H]2C(C(=O)Nc3ccccc3)=C(C)N=c3s/c(=C/c4cccn4-c4ccc(Cl)cc4)c(=O)n32)cc1. The molecule has 1 aliphatic rings. The van der Waals surface area contributed by atoms with Crippen LogP contribution in [0.1, 0.15) is 24.2 Å². The number of benzene rings is 3. The number of amides is 1. The number of allylic oxidation sites excluding steroid dienone is 1. The lowest BCUT2D eigenvalue weighted by Crippen LogP contribution is -2.40. The van der Waals surface area contributed by atoms with Crippen molar-refractivity contribution in [2.24, 2.45) is 4.99 Å². The van der Waals surface area contributed by atoms with E-state index in [1.807, 2.05) is 108 Å². The molecule has 1 atom stereocenters. The van der Waals surface area contributed by atoms with E-state index >= 15 is 0 Å². The summed E-state index contributed by atoms with van der Waals surface area (Å²) in [5, 5.41) is 3.62. The van der Waals surface area contributed by atoms with Gasteiger partial charge in [0.1, 0.15) is 5.75 Å². The average Bonchev–Trinajstić information content (AvgIpc) is 3.57. The van der Waals surface area contributed by atoms with Gasteiger partial charge in [0.15, 0.2) is 4.80 Å². The number of methoxy groups -OCH3 is 1. The number of carbonyl (C=O) groups is 1. The van der Waals surface area contributed by atoms with Crippen LogP contribution in [0, 0.1) is 0 Å². The third-order valence-corrected chi connectivity index (χ3v) is 8.13. The van der Waals surface area contributed by atoms with Crippen LogP contribution in [0.3, 0.4) is 0 Å². The number of thiazole rings is 1. The Labute approximate surface area is 245 Å². The van der Waals surface area contributed by atoms with Crippen LogP contribution in [0.4, 0.5) is 5.69 Å². The number of nitrogens with zero attached hydrogens (tertiary/aromatic N) is 3. The summed E-state index contributed by atoms with van der Waals surface area (Å²) in [6.07, 6.45) is 3.79. The van der Waals surface area contributed by atoms with E-state index in [4.69, 9.17) is 21.3 Å². The molecule has 0 aliphatic carbocycles. The van der Waals surface area contributed by atoms with Crippen molar-refractivity contribution >= 4 is 40.6 Å². The molecule has 7 nitrogen and oxygen atoms in total. The largest absolute Gasteiger partial charge is 0.497 e. The summed E-state index contributed by atoms with van der Waals surface area (Å²) in [5.41, 5.74) is 3.92. The molecule has 0 saturated carbocycles. The van der Waals surface area contributed by atoms with Crippen LogP contribution in [0.25, 0.3) is 11.8 Å². The highest BCUT2D eigenvalue weighted by Gasteiger charge is 2.32. The van der Waals surface area contributed by atoms with Gasteiger partial charge in [-0.1, -0.05) is 53.3 Å². The Balaban J connectivity index is 1.49. The molecule has 0 unspecified atom stereocenters. The van der Waals surface area contributed by atoms with E-state index < -0.39 is 6.04 Å². The fourth-order valence-electron chi connectivity index (χ4n) is 4.92. The summed E-state index contributed by atoms with van der Waals surface area (Å²) in [4.78, 5) is 33.0. The van der Waals surface area contributed by atoms with Gasteiger partial charge in [0.05, 0.1) is 29.0 Å². The first-order chi connectivity index (χ1) is 19.9. The Bertz CT molecular complexity index is 1950. The Hall–Kier alpha value is -4.66. The fourth-order valence-corrected chi connectivity index (χ4v) is 6.07. The summed E-state index contributed by atoms with van der Waals surface area (Å²) >= 11 is 7.38. The summed E-state index contributed by atoms with van der Waals surface area (Å²) in [5.74, 6) is 0.365. The first-order valence-electron chi connectivity index (χ1n) is 12.9. The molecule has 41 heavy (non-hydrogen) atoms. The third-order valence-electron chi connectivity index (χ3n) is 6.89. The Morgan fingerprint density at radius 2 is 1.73 bits per heavy atom. The zero-order valence-corrected chi connectivity index (χ0v) is 23.8. The predicted octanol–water partition coefficient (Wildman–Crippen LogP) is 5.33. The second kappa shape index (κ2) is 11.1. The first-order valence-corrected chi connectivity index (χ1v) is 14.1. The topological polar surface area (TPSA) is 77.6 Å². The average molecular weight is 581 g/mol. The predicted molar refractivity (Wildman–Crippen MR) is 163 cm³/mol. The lowest BCUT2D eigenvalue weighted by molar-refractivity contribution is -0.113. The van der Waals surface area contributed by atoms with Crippen LogP contribution in [-0.4, -0.2) is 22.2 Å². The summed E-state index contributed by atoms with van der Waals surface area (Å²) in [6.45, 7) is 1.80. The molecule has 1 aliphatic heterocycles. The smallest absolute Gasteiger partial charge is 0.271 e. The van der Waals surface area contributed by atoms with E-state index in [2.05, 4.69) is 5.32 Å². The van der Waals surface area contributed by atoms with Crippen LogP contribution in [0.5, 0.6) is 5.75 Å². The molecular weight excluding hydrogens is 556 g/mol. The number of nitrogens with one attached hydrogen (secondary N) is 1. The Morgan fingerprint density at radius 3 is 2.44 bits per heavy atom. The Morgan fingerprint density at radius 1 is 1.00 bits per heavy atom. The second-order valence-corrected chi connectivity index (χ2v) is 10.9. The van der Waals surface area contributed by atoms with Crippen molar-refractivity contribution in [1.29, 1.82) is 0 Å². The zero-order chi connectivity index (χ0) is 28.5. The van der Waals surface area contributed by atoms with E-state index in [1.165, 1.54) is 11.3 Å². The number of para-hydroxylation sites is 1. The van der Waals surface area contributed by atoms with Crippen molar-refractivity contribution in [2.75, 3.05) is 12.4 Å². The number of rotatable bonds is 6. The number of hydrogen-bond acceptors (Lipinski definition) is 5. The van der Waals surface area contributed by atoms with Crippen molar-refractivity contribution in [2.45, 2.75) is 13.0 Å². The van der Waals surface area contributed by atoms with Crippen LogP contribution in [0.15, 0.2) is 118 Å². The van der Waals surface area contributed by atoms with Crippen LogP contribution < -0.4 is 24.9 Å². The number of halogens is 1. The van der Waals surface area contributed by atoms with E-state index in [0.717, 1.165) is 16.9 Å². The minimum absolute atomic E-state index is 0.226. The summed E-state index contributed by atoms with van der Waals surface area (Å²) in [7, 11) is 1.60. The van der Waals surface area contributed by atoms with Gasteiger partial charge in [-0.15, -0.1) is 0 Å². The van der Waals surface area contributed by atoms with Gasteiger partial charge in [0.25, 0.3) is 11.5 Å². The summed E-state index contributed by atoms with van der Waals surface area (Å²) in [6, 6.07) is 27.3. The maximum Gasteiger partial charge on any atom is 0.271 e. The highest BCUT2D eigenvalue weighted by atomic mass is 35.5. The molecule has 6 rings (SSSR count). The molecule has 9 heteroatoms. The maximum absolute atomic E-state index is 14.0. The highest BCUT2D eigenvalue weighted by molar-refractivity contribution is 7.07. The van der Waals surface area contributed by atoms with Gasteiger partial charge in [-0.2, -0.15) is 0 Å². The van der Waals surface area contributed by atoms with E-state index in [0.29, 0.717) is 37.1 Å². The monoisotopic (exact) mass is 580 g/mol. The molecule has 0 saturated heterocycles. The molecule has 3 heterocycles. The van der Waals surface area contributed by atoms with Gasteiger partial charge < -0.3 is 14.6 Å². The highest BCUT2D eigenvalue weighted by Crippen LogP contribution is 2.31. The van der Waals surface area contributed by atoms with E-state index in [-0.39, 0.29) is 11.5 Å². The molecule has 204 valence electrons. The third kappa shape index (κ3) is 5.15. The van der Waals surface area contributed by atoms with Crippen molar-refractivity contribution < 1.29 is 9.53 Å². The minimum atomic E-state index is -0.675. The Kier molecular flexibility index (Phi) is 7.17. The normalized spacial score (nSPS) is 14.9. The molecule has 5 aromatic rings. The van der Waals surface area contributed by atoms with Crippen molar-refractivity contribution in [3.8, 4) is 11.4 Å². The van der Waals surface area contributed by atoms with Gasteiger partial charge in [0.2, 0.25) is 0 Å². The summed E-state index contributed by atoms with van der Waals surface area (Å²) < 4.78 is 9.46. The lowest BCUT2D eigenvalue weighted by atomic mass is 9.95. The number of carbonyl (C=O) groups excluding carboxylic acids is 1. The molecule has 2 aromatic heterocycles. The standard InChI is InChI=1S/C32H25ClN4O3S/c1-20-28(30(38)35-23-7-4-3-5-8-23)29(21-10-16-26(40-2)17-11-21)37-31(39)27(41-32(37)34-20)19-25-9-6-18-36(25)24-14-12-22(33)13-15-24/h3-19,29H,1-2H3,(H,35,38)/b27-19+/t29-/m1/s1. The first kappa shape index (κ1) is 26.6. The van der Waals surface area contributed by atoms with Gasteiger partial charge in [0, 0.05) is 28.3 Å². The van der Waals surface area contributed by atoms with Crippen LogP contribution >= 0.6 is 22.9 Å². The molecule has 0 radical (unpaired) electrons. The quantitative estimate of drug-likeness (QED) is 0.295. The number of ether oxygens (including phenoxy) is 1. The molecule has 0 spiro atoms. The van der Waals surface area contributed by atoms with E-state index in [9.17, 15) is 9.59 Å². The van der Waals surface area contributed by atoms with Gasteiger partial charge in [-0.05, 0) is 79.2 Å². The second-order valence-electron chi connectivity index (χ2n) is 9.45. The molecule has 1 amide bonds. The molecule has 1 N–H and O–H groups in total. The number of hydrogen-bond donors (Lipinski definition) is 1. The maximum atomic E-state index is 14.0. The molecule has 0 fully saturated rings. The van der Waals surface area contributed by atoms with Crippen molar-refractivity contribution in [3.63, 3.8) is 0 Å². The number of anilines is 1. The van der Waals surface area contributed by atoms with Gasteiger partial charge in [-0.3, -0.25) is 14.2 Å². The van der Waals surface area contributed by atoms with Gasteiger partial charge >= 0.3 is 0 Å².